The van der Waals surface area contributed by atoms with Crippen LogP contribution in [-0.2, 0) is 38.7 Å². The Morgan fingerprint density at radius 1 is 1.05 bits per heavy atom. The zero-order chi connectivity index (χ0) is 14.4. The predicted molar refractivity (Wildman–Crippen MR) is 90.2 cm³/mol. The van der Waals surface area contributed by atoms with Gasteiger partial charge in [-0.3, -0.25) is 0 Å². The molecular weight excluding hydrogens is 419 g/mol. The number of hydrogen-bond donors (Lipinski definition) is 0. The second-order valence-electron chi connectivity index (χ2n) is 5.97. The van der Waals surface area contributed by atoms with Gasteiger partial charge in [-0.2, -0.15) is 17.7 Å². The first-order valence-electron chi connectivity index (χ1n) is 8.48. The van der Waals surface area contributed by atoms with Crippen LogP contribution < -0.4 is 0 Å². The van der Waals surface area contributed by atoms with Crippen LogP contribution in [0.5, 0.6) is 0 Å². The van der Waals surface area contributed by atoms with Crippen molar-refractivity contribution in [2.24, 2.45) is 0 Å². The number of hydrogen-bond acceptors (Lipinski definition) is 0. The Labute approximate surface area is 149 Å². The van der Waals surface area contributed by atoms with Gasteiger partial charge in [0.2, 0.25) is 0 Å². The summed E-state index contributed by atoms with van der Waals surface area (Å²) in [5.41, 5.74) is 8.03. The maximum atomic E-state index is 2.39. The minimum atomic E-state index is 0. The van der Waals surface area contributed by atoms with Crippen LogP contribution in [0.2, 0.25) is 0 Å². The molecule has 0 aliphatic heterocycles. The van der Waals surface area contributed by atoms with Crippen molar-refractivity contribution >= 4 is 5.57 Å². The Morgan fingerprint density at radius 2 is 1.86 bits per heavy atom. The largest absolute Gasteiger partial charge is 0.172 e. The molecule has 2 rings (SSSR count). The van der Waals surface area contributed by atoms with Gasteiger partial charge >= 0.3 is 0 Å². The van der Waals surface area contributed by atoms with E-state index in [0.29, 0.717) is 0 Å². The Morgan fingerprint density at radius 3 is 2.52 bits per heavy atom. The van der Waals surface area contributed by atoms with Gasteiger partial charge in [-0.05, 0) is 12.8 Å². The molecule has 1 aliphatic carbocycles. The summed E-state index contributed by atoms with van der Waals surface area (Å²) in [6.07, 6.45) is 14.7. The average Bonchev–Trinajstić information content (AvgIpc) is 3.04. The van der Waals surface area contributed by atoms with Crippen LogP contribution >= 0.6 is 0 Å². The monoisotopic (exact) mass is 449 g/mol. The number of rotatable bonds is 8. The van der Waals surface area contributed by atoms with E-state index in [4.69, 9.17) is 0 Å². The molecule has 0 amide bonds. The quantitative estimate of drug-likeness (QED) is 0.328. The summed E-state index contributed by atoms with van der Waals surface area (Å²) < 4.78 is 0. The smallest absolute Gasteiger partial charge is 0 e. The van der Waals surface area contributed by atoms with E-state index >= 15 is 0 Å². The summed E-state index contributed by atoms with van der Waals surface area (Å²) in [5, 5.41) is 0. The molecule has 0 fully saturated rings. The van der Waals surface area contributed by atoms with Crippen molar-refractivity contribution in [3.63, 3.8) is 0 Å². The Hall–Kier alpha value is -0.300. The van der Waals surface area contributed by atoms with E-state index in [1.54, 1.807) is 27.8 Å². The zero-order valence-electron chi connectivity index (χ0n) is 14.0. The van der Waals surface area contributed by atoms with E-state index in [-0.39, 0.29) is 25.8 Å². The first kappa shape index (κ1) is 18.7. The van der Waals surface area contributed by atoms with Crippen LogP contribution in [0, 0.1) is 0 Å². The van der Waals surface area contributed by atoms with Gasteiger partial charge in [0.25, 0.3) is 0 Å². The van der Waals surface area contributed by atoms with Gasteiger partial charge in [0.15, 0.2) is 0 Å². The molecule has 1 aliphatic rings. The van der Waals surface area contributed by atoms with Gasteiger partial charge in [-0.15, -0.1) is 16.7 Å². The maximum absolute atomic E-state index is 2.39. The molecule has 0 bridgehead atoms. The molecule has 0 saturated carbocycles. The van der Waals surface area contributed by atoms with Gasteiger partial charge in [-0.25, -0.2) is 0 Å². The van der Waals surface area contributed by atoms with Crippen molar-refractivity contribution < 1.29 is 25.8 Å². The van der Waals surface area contributed by atoms with Gasteiger partial charge < -0.3 is 0 Å². The molecule has 0 heterocycles. The van der Waals surface area contributed by atoms with Crippen LogP contribution in [0.25, 0.3) is 5.57 Å². The van der Waals surface area contributed by atoms with Crippen molar-refractivity contribution in [2.75, 3.05) is 0 Å². The Balaban J connectivity index is 0.00000220. The second kappa shape index (κ2) is 9.66. The molecule has 0 nitrogen and oxygen atoms in total. The summed E-state index contributed by atoms with van der Waals surface area (Å²) in [6, 6.07) is 4.78. The van der Waals surface area contributed by atoms with Crippen molar-refractivity contribution in [2.45, 2.75) is 72.1 Å². The number of allylic oxidation sites excluding steroid dienone is 4. The third-order valence-corrected chi connectivity index (χ3v) is 4.30. The number of aryl methyl sites for hydroxylation is 2. The molecule has 0 aromatic heterocycles. The minimum Gasteiger partial charge on any atom is -0.172 e. The minimum absolute atomic E-state index is 0. The molecule has 0 N–H and O–H groups in total. The topological polar surface area (TPSA) is 0 Å². The van der Waals surface area contributed by atoms with Gasteiger partial charge in [0.05, 0.1) is 0 Å². The SMILES string of the molecule is CCCCc1cc[c-](CCC)c1C1=C(CCC)C=CC1.[Hf]. The molecule has 1 aromatic carbocycles. The van der Waals surface area contributed by atoms with Crippen LogP contribution in [0.15, 0.2) is 29.9 Å². The maximum Gasteiger partial charge on any atom is 0 e. The van der Waals surface area contributed by atoms with E-state index in [1.165, 1.54) is 44.9 Å². The fraction of sp³-hybridized carbons (Fsp3) is 0.550. The van der Waals surface area contributed by atoms with E-state index in [2.05, 4.69) is 45.1 Å². The van der Waals surface area contributed by atoms with Crippen molar-refractivity contribution in [1.82, 2.24) is 0 Å². The Kier molecular flexibility index (Phi) is 8.63. The summed E-state index contributed by atoms with van der Waals surface area (Å²) in [5.74, 6) is 0. The molecule has 1 aromatic rings. The van der Waals surface area contributed by atoms with E-state index < -0.39 is 0 Å². The summed E-state index contributed by atoms with van der Waals surface area (Å²) in [4.78, 5) is 0. The summed E-state index contributed by atoms with van der Waals surface area (Å²) >= 11 is 0. The van der Waals surface area contributed by atoms with Gasteiger partial charge in [-0.1, -0.05) is 77.0 Å². The fourth-order valence-corrected chi connectivity index (χ4v) is 3.33. The molecule has 0 spiro atoms. The first-order valence-corrected chi connectivity index (χ1v) is 8.48. The number of unbranched alkanes of at least 4 members (excludes halogenated alkanes) is 1. The van der Waals surface area contributed by atoms with Crippen LogP contribution in [0.3, 0.4) is 0 Å². The van der Waals surface area contributed by atoms with Crippen LogP contribution in [-0.4, -0.2) is 0 Å². The van der Waals surface area contributed by atoms with Crippen LogP contribution in [0.1, 0.15) is 76.0 Å². The predicted octanol–water partition coefficient (Wildman–Crippen LogP) is 6.21. The molecule has 21 heavy (non-hydrogen) atoms. The van der Waals surface area contributed by atoms with E-state index in [0.717, 1.165) is 6.42 Å². The summed E-state index contributed by atoms with van der Waals surface area (Å²) in [7, 11) is 0. The summed E-state index contributed by atoms with van der Waals surface area (Å²) in [6.45, 7) is 6.86. The standard InChI is InChI=1S/C20H29.Hf/c1-4-7-11-18-15-14-17(10-6-3)20(18)19-13-8-12-16(19)9-5-2;/h8,12,14-15H,4-7,9-11,13H2,1-3H3;/q-1;. The normalized spacial score (nSPS) is 13.9. The first-order chi connectivity index (χ1) is 9.81. The van der Waals surface area contributed by atoms with E-state index in [9.17, 15) is 0 Å². The molecule has 0 saturated heterocycles. The molecule has 0 unspecified atom stereocenters. The molecule has 1 heteroatoms. The fourth-order valence-electron chi connectivity index (χ4n) is 3.33. The van der Waals surface area contributed by atoms with Crippen LogP contribution in [0.4, 0.5) is 0 Å². The van der Waals surface area contributed by atoms with Crippen molar-refractivity contribution in [3.05, 3.63) is 46.5 Å². The van der Waals surface area contributed by atoms with Crippen molar-refractivity contribution in [1.29, 1.82) is 0 Å². The molecular formula is C20H29Hf-. The third kappa shape index (κ3) is 4.58. The van der Waals surface area contributed by atoms with E-state index in [1.807, 2.05) is 0 Å². The molecule has 0 atom stereocenters. The van der Waals surface area contributed by atoms with Crippen molar-refractivity contribution in [3.8, 4) is 0 Å². The van der Waals surface area contributed by atoms with Gasteiger partial charge in [0.1, 0.15) is 0 Å². The zero-order valence-corrected chi connectivity index (χ0v) is 17.6. The molecule has 0 radical (unpaired) electrons. The Bertz CT molecular complexity index is 488. The second-order valence-corrected chi connectivity index (χ2v) is 5.97. The third-order valence-electron chi connectivity index (χ3n) is 4.30. The molecule has 114 valence electrons. The van der Waals surface area contributed by atoms with Gasteiger partial charge in [0, 0.05) is 25.8 Å². The average molecular weight is 448 g/mol.